The summed E-state index contributed by atoms with van der Waals surface area (Å²) in [5, 5.41) is 2.09. The van der Waals surface area contributed by atoms with Crippen LogP contribution in [-0.4, -0.2) is 4.21 Å². The Kier molecular flexibility index (Phi) is 1.49. The van der Waals surface area contributed by atoms with Gasteiger partial charge in [-0.1, -0.05) is 30.3 Å². The molecule has 5 heteroatoms. The van der Waals surface area contributed by atoms with Crippen molar-refractivity contribution in [1.29, 1.82) is 0 Å². The molecule has 1 fully saturated rings. The second-order valence-corrected chi connectivity index (χ2v) is 5.00. The Hall–Kier alpha value is -1.27. The summed E-state index contributed by atoms with van der Waals surface area (Å²) < 4.78 is 14.6. The lowest BCUT2D eigenvalue weighted by atomic mass is 10.0. The maximum absolute atomic E-state index is 11.8. The highest BCUT2D eigenvalue weighted by Crippen LogP contribution is 2.48. The molecule has 4 nitrogen and oxygen atoms in total. The van der Waals surface area contributed by atoms with Crippen LogP contribution in [0, 0.1) is 0 Å². The van der Waals surface area contributed by atoms with Crippen molar-refractivity contribution in [2.75, 3.05) is 0 Å². The first kappa shape index (κ1) is 8.83. The predicted octanol–water partition coefficient (Wildman–Crippen LogP) is 1.54. The van der Waals surface area contributed by atoms with Crippen molar-refractivity contribution < 1.29 is 14.0 Å². The van der Waals surface area contributed by atoms with Crippen LogP contribution in [0.3, 0.4) is 0 Å². The minimum Gasteiger partial charge on any atom is -0.237 e. The average Bonchev–Trinajstić information content (AvgIpc) is 3.01. The van der Waals surface area contributed by atoms with E-state index in [9.17, 15) is 4.21 Å². The molecule has 1 atom stereocenters. The van der Waals surface area contributed by atoms with Gasteiger partial charge in [-0.05, 0) is 16.8 Å². The Morgan fingerprint density at radius 3 is 2.75 bits per heavy atom. The SMILES string of the molecule is O=S1NC2(OO2)c2c1ccc1ccccc21. The molecule has 0 bridgehead atoms. The van der Waals surface area contributed by atoms with Crippen molar-refractivity contribution >= 4 is 21.8 Å². The average molecular weight is 233 g/mol. The minimum absolute atomic E-state index is 0.733. The molecule has 1 saturated heterocycles. The molecule has 0 saturated carbocycles. The largest absolute Gasteiger partial charge is 0.327 e. The van der Waals surface area contributed by atoms with Crippen LogP contribution in [0.2, 0.25) is 0 Å². The molecule has 2 aromatic rings. The molecule has 1 spiro atoms. The van der Waals surface area contributed by atoms with Crippen LogP contribution in [0.5, 0.6) is 0 Å². The fraction of sp³-hybridized carbons (Fsp3) is 0.0909. The third-order valence-electron chi connectivity index (χ3n) is 2.90. The summed E-state index contributed by atoms with van der Waals surface area (Å²) in [6.07, 6.45) is 0. The van der Waals surface area contributed by atoms with Gasteiger partial charge in [0.1, 0.15) is 11.0 Å². The Bertz CT molecular complexity index is 636. The summed E-state index contributed by atoms with van der Waals surface area (Å²) >= 11 is 0. The van der Waals surface area contributed by atoms with Gasteiger partial charge in [0.2, 0.25) is 0 Å². The first-order valence-corrected chi connectivity index (χ1v) is 6.04. The van der Waals surface area contributed by atoms with E-state index in [-0.39, 0.29) is 0 Å². The lowest BCUT2D eigenvalue weighted by Crippen LogP contribution is -2.23. The van der Waals surface area contributed by atoms with Gasteiger partial charge in [0, 0.05) is 0 Å². The van der Waals surface area contributed by atoms with Gasteiger partial charge in [0.15, 0.2) is 0 Å². The third-order valence-corrected chi connectivity index (χ3v) is 4.09. The van der Waals surface area contributed by atoms with Crippen molar-refractivity contribution in [3.8, 4) is 0 Å². The molecule has 2 aromatic carbocycles. The summed E-state index contributed by atoms with van der Waals surface area (Å²) in [5.41, 5.74) is 0.837. The van der Waals surface area contributed by atoms with E-state index in [2.05, 4.69) is 4.72 Å². The second-order valence-electron chi connectivity index (χ2n) is 3.81. The molecule has 16 heavy (non-hydrogen) atoms. The number of nitrogens with one attached hydrogen (secondary N) is 1. The molecule has 2 aliphatic heterocycles. The molecular formula is C11H7NO3S. The van der Waals surface area contributed by atoms with E-state index in [4.69, 9.17) is 9.78 Å². The van der Waals surface area contributed by atoms with Crippen molar-refractivity contribution in [3.05, 3.63) is 42.0 Å². The molecule has 1 unspecified atom stereocenters. The van der Waals surface area contributed by atoms with Gasteiger partial charge in [-0.3, -0.25) is 0 Å². The third kappa shape index (κ3) is 0.959. The molecular weight excluding hydrogens is 226 g/mol. The number of rotatable bonds is 0. The van der Waals surface area contributed by atoms with Crippen LogP contribution in [0.4, 0.5) is 0 Å². The summed E-state index contributed by atoms with van der Waals surface area (Å²) in [6, 6.07) is 11.7. The summed E-state index contributed by atoms with van der Waals surface area (Å²) in [5.74, 6) is -0.971. The molecule has 4 rings (SSSR count). The highest BCUT2D eigenvalue weighted by Gasteiger charge is 2.59. The second kappa shape index (κ2) is 2.70. The van der Waals surface area contributed by atoms with E-state index in [1.165, 1.54) is 0 Å². The van der Waals surface area contributed by atoms with E-state index in [0.717, 1.165) is 21.2 Å². The van der Waals surface area contributed by atoms with Gasteiger partial charge in [-0.25, -0.2) is 4.21 Å². The quantitative estimate of drug-likeness (QED) is 0.554. The van der Waals surface area contributed by atoms with E-state index in [0.29, 0.717) is 0 Å². The van der Waals surface area contributed by atoms with Crippen molar-refractivity contribution in [2.24, 2.45) is 0 Å². The number of hydrogen-bond acceptors (Lipinski definition) is 3. The minimum atomic E-state index is -1.26. The molecule has 2 aliphatic rings. The van der Waals surface area contributed by atoms with Crippen LogP contribution in [0.1, 0.15) is 5.56 Å². The molecule has 80 valence electrons. The Morgan fingerprint density at radius 1 is 1.12 bits per heavy atom. The predicted molar refractivity (Wildman–Crippen MR) is 57.3 cm³/mol. The lowest BCUT2D eigenvalue weighted by Gasteiger charge is -2.03. The van der Waals surface area contributed by atoms with Crippen LogP contribution in [-0.2, 0) is 26.7 Å². The number of benzene rings is 2. The zero-order chi connectivity index (χ0) is 10.8. The molecule has 2 heterocycles. The summed E-state index contributed by atoms with van der Waals surface area (Å²) in [7, 11) is -1.26. The number of fused-ring (bicyclic) bond motifs is 4. The van der Waals surface area contributed by atoms with Gasteiger partial charge in [0.05, 0.1) is 10.5 Å². The van der Waals surface area contributed by atoms with Gasteiger partial charge < -0.3 is 0 Å². The highest BCUT2D eigenvalue weighted by atomic mass is 32.2. The van der Waals surface area contributed by atoms with Crippen LogP contribution < -0.4 is 4.72 Å². The maximum Gasteiger partial charge on any atom is 0.327 e. The Balaban J connectivity index is 2.17. The molecule has 0 radical (unpaired) electrons. The van der Waals surface area contributed by atoms with E-state index in [1.807, 2.05) is 36.4 Å². The van der Waals surface area contributed by atoms with Crippen LogP contribution >= 0.6 is 0 Å². The number of hydrogen-bond donors (Lipinski definition) is 1. The van der Waals surface area contributed by atoms with Gasteiger partial charge in [-0.2, -0.15) is 14.5 Å². The first-order valence-electron chi connectivity index (χ1n) is 4.89. The zero-order valence-electron chi connectivity index (χ0n) is 8.10. The topological polar surface area (TPSA) is 54.2 Å². The Labute approximate surface area is 93.7 Å². The van der Waals surface area contributed by atoms with E-state index < -0.39 is 16.9 Å². The van der Waals surface area contributed by atoms with E-state index in [1.54, 1.807) is 0 Å². The van der Waals surface area contributed by atoms with Crippen LogP contribution in [0.15, 0.2) is 41.3 Å². The monoisotopic (exact) mass is 233 g/mol. The smallest absolute Gasteiger partial charge is 0.237 e. The highest BCUT2D eigenvalue weighted by molar-refractivity contribution is 7.83. The summed E-state index contributed by atoms with van der Waals surface area (Å²) in [4.78, 5) is 10.6. The normalized spacial score (nSPS) is 24.9. The molecule has 0 amide bonds. The van der Waals surface area contributed by atoms with Crippen molar-refractivity contribution in [3.63, 3.8) is 0 Å². The van der Waals surface area contributed by atoms with Gasteiger partial charge in [0.25, 0.3) is 0 Å². The van der Waals surface area contributed by atoms with Crippen molar-refractivity contribution in [2.45, 2.75) is 10.8 Å². The lowest BCUT2D eigenvalue weighted by molar-refractivity contribution is 0.0850. The van der Waals surface area contributed by atoms with Gasteiger partial charge in [-0.15, -0.1) is 0 Å². The summed E-state index contributed by atoms with van der Waals surface area (Å²) in [6.45, 7) is 0. The fourth-order valence-corrected chi connectivity index (χ4v) is 3.28. The molecule has 0 aromatic heterocycles. The van der Waals surface area contributed by atoms with E-state index >= 15 is 0 Å². The Morgan fingerprint density at radius 2 is 1.94 bits per heavy atom. The molecule has 1 N–H and O–H groups in total. The van der Waals surface area contributed by atoms with Crippen molar-refractivity contribution in [1.82, 2.24) is 4.72 Å². The maximum atomic E-state index is 11.8. The van der Waals surface area contributed by atoms with Crippen LogP contribution in [0.25, 0.3) is 10.8 Å². The molecule has 0 aliphatic carbocycles. The van der Waals surface area contributed by atoms with Gasteiger partial charge >= 0.3 is 5.91 Å². The zero-order valence-corrected chi connectivity index (χ0v) is 8.91. The first-order chi connectivity index (χ1) is 7.80. The fourth-order valence-electron chi connectivity index (χ4n) is 2.13. The standard InChI is InChI=1S/C11H7NO3S/c13-16-9-6-5-7-3-1-2-4-8(7)10(9)11(12-16)14-15-11/h1-6,12H.